The van der Waals surface area contributed by atoms with Crippen LogP contribution in [-0.2, 0) is 32.3 Å². The molecule has 3 fully saturated rings. The van der Waals surface area contributed by atoms with Gasteiger partial charge in [-0.2, -0.15) is 0 Å². The van der Waals surface area contributed by atoms with E-state index in [2.05, 4.69) is 10.0 Å². The first-order valence-electron chi connectivity index (χ1n) is 10.5. The Kier molecular flexibility index (Phi) is 6.39. The predicted octanol–water partition coefficient (Wildman–Crippen LogP) is 2.93. The van der Waals surface area contributed by atoms with E-state index in [1.807, 2.05) is 4.98 Å². The number of phosphoric ester groups is 1. The maximum Gasteiger partial charge on any atom is 0.509 e. The van der Waals surface area contributed by atoms with Gasteiger partial charge in [0.1, 0.15) is 0 Å². The molecular formula is C19H17ClN5O10P. The summed E-state index contributed by atoms with van der Waals surface area (Å²) in [5, 5.41) is 4.05. The van der Waals surface area contributed by atoms with Gasteiger partial charge in [-0.1, -0.05) is 28.8 Å². The van der Waals surface area contributed by atoms with Crippen molar-refractivity contribution in [3.63, 3.8) is 0 Å². The van der Waals surface area contributed by atoms with Gasteiger partial charge in [-0.25, -0.2) is 14.2 Å². The topological polar surface area (TPSA) is 193 Å². The SMILES string of the molecule is [N-]=[N+]=N[C@]1(CO[P@@]2(=O)OCC[C@@H](c3cccc(Cl)c3)O2)OC(n2ccc(=O)[nH]c2=O)[C@@H]2OC(=O)O[C@@H]21. The van der Waals surface area contributed by atoms with Crippen LogP contribution in [0.1, 0.15) is 24.3 Å². The smallest absolute Gasteiger partial charge is 0.423 e. The van der Waals surface area contributed by atoms with Crippen molar-refractivity contribution >= 4 is 25.6 Å². The third kappa shape index (κ3) is 4.53. The number of aromatic nitrogens is 2. The highest BCUT2D eigenvalue weighted by molar-refractivity contribution is 7.48. The number of H-pyrrole nitrogens is 1. The number of rotatable bonds is 6. The van der Waals surface area contributed by atoms with Crippen LogP contribution < -0.4 is 11.2 Å². The molecule has 0 aliphatic carbocycles. The number of phosphoric acid groups is 1. The molecule has 0 bridgehead atoms. The zero-order valence-electron chi connectivity index (χ0n) is 18.1. The van der Waals surface area contributed by atoms with Crippen molar-refractivity contribution in [1.29, 1.82) is 0 Å². The van der Waals surface area contributed by atoms with Gasteiger partial charge in [0.05, 0.1) is 19.3 Å². The Balaban J connectivity index is 1.41. The molecule has 2 aromatic rings. The Hall–Kier alpha value is -3.16. The van der Waals surface area contributed by atoms with Crippen molar-refractivity contribution in [3.05, 3.63) is 78.4 Å². The molecular weight excluding hydrogens is 525 g/mol. The van der Waals surface area contributed by atoms with Crippen LogP contribution in [-0.4, -0.2) is 46.9 Å². The molecule has 1 aromatic carbocycles. The summed E-state index contributed by atoms with van der Waals surface area (Å²) in [7, 11) is -4.23. The first-order valence-corrected chi connectivity index (χ1v) is 12.3. The summed E-state index contributed by atoms with van der Waals surface area (Å²) in [6.07, 6.45) is -4.38. The lowest BCUT2D eigenvalue weighted by molar-refractivity contribution is -0.137. The van der Waals surface area contributed by atoms with Gasteiger partial charge in [-0.05, 0) is 23.2 Å². The van der Waals surface area contributed by atoms with Gasteiger partial charge >= 0.3 is 19.7 Å². The molecule has 5 rings (SSSR count). The summed E-state index contributed by atoms with van der Waals surface area (Å²) in [6, 6.07) is 7.81. The van der Waals surface area contributed by atoms with Gasteiger partial charge in [0.2, 0.25) is 5.72 Å². The minimum atomic E-state index is -4.23. The fourth-order valence-electron chi connectivity index (χ4n) is 4.10. The number of ether oxygens (including phenoxy) is 3. The van der Waals surface area contributed by atoms with Crippen LogP contribution in [0.2, 0.25) is 5.02 Å². The molecule has 4 heterocycles. The quantitative estimate of drug-likeness (QED) is 0.187. The molecule has 3 aliphatic heterocycles. The summed E-state index contributed by atoms with van der Waals surface area (Å²) >= 11 is 6.04. The number of hydrogen-bond donors (Lipinski definition) is 1. The lowest BCUT2D eigenvalue weighted by atomic mass is 10.1. The monoisotopic (exact) mass is 541 g/mol. The number of benzene rings is 1. The fourth-order valence-corrected chi connectivity index (χ4v) is 5.71. The maximum atomic E-state index is 13.3. The largest absolute Gasteiger partial charge is 0.509 e. The molecule has 0 radical (unpaired) electrons. The lowest BCUT2D eigenvalue weighted by Crippen LogP contribution is -2.44. The van der Waals surface area contributed by atoms with Crippen LogP contribution in [0.25, 0.3) is 10.4 Å². The van der Waals surface area contributed by atoms with Crippen molar-refractivity contribution < 1.29 is 37.1 Å². The molecule has 17 heteroatoms. The van der Waals surface area contributed by atoms with Crippen molar-refractivity contribution in [2.24, 2.45) is 5.11 Å². The van der Waals surface area contributed by atoms with Gasteiger partial charge in [-0.15, -0.1) is 0 Å². The highest BCUT2D eigenvalue weighted by Gasteiger charge is 2.64. The average molecular weight is 542 g/mol. The van der Waals surface area contributed by atoms with Gasteiger partial charge in [-0.3, -0.25) is 27.9 Å². The number of halogens is 1. The molecule has 0 spiro atoms. The summed E-state index contributed by atoms with van der Waals surface area (Å²) in [5.74, 6) is 0. The summed E-state index contributed by atoms with van der Waals surface area (Å²) in [4.78, 5) is 40.5. The molecule has 1 aromatic heterocycles. The van der Waals surface area contributed by atoms with Crippen molar-refractivity contribution in [1.82, 2.24) is 9.55 Å². The Morgan fingerprint density at radius 1 is 1.31 bits per heavy atom. The second-order valence-corrected chi connectivity index (χ2v) is 9.98. The molecule has 36 heavy (non-hydrogen) atoms. The van der Waals surface area contributed by atoms with E-state index in [9.17, 15) is 24.5 Å². The molecule has 190 valence electrons. The number of azide groups is 1. The number of fused-ring (bicyclic) bond motifs is 1. The number of nitrogens with one attached hydrogen (secondary N) is 1. The minimum absolute atomic E-state index is 0.0172. The molecule has 0 saturated carbocycles. The van der Waals surface area contributed by atoms with Crippen LogP contribution >= 0.6 is 19.4 Å². The van der Waals surface area contributed by atoms with Crippen LogP contribution in [0.15, 0.2) is 51.2 Å². The second kappa shape index (κ2) is 9.37. The van der Waals surface area contributed by atoms with Gasteiger partial charge in [0.25, 0.3) is 5.56 Å². The van der Waals surface area contributed by atoms with Crippen molar-refractivity contribution in [2.75, 3.05) is 13.2 Å². The summed E-state index contributed by atoms with van der Waals surface area (Å²) in [5.41, 5.74) is 6.19. The van der Waals surface area contributed by atoms with Crippen molar-refractivity contribution in [3.8, 4) is 0 Å². The average Bonchev–Trinajstić information content (AvgIpc) is 3.35. The van der Waals surface area contributed by atoms with E-state index >= 15 is 0 Å². The minimum Gasteiger partial charge on any atom is -0.423 e. The first kappa shape index (κ1) is 24.5. The Morgan fingerprint density at radius 2 is 2.14 bits per heavy atom. The van der Waals surface area contributed by atoms with Gasteiger partial charge in [0, 0.05) is 28.6 Å². The Labute approximate surface area is 206 Å². The highest BCUT2D eigenvalue weighted by atomic mass is 35.5. The third-order valence-electron chi connectivity index (χ3n) is 5.68. The number of aromatic amines is 1. The third-order valence-corrected chi connectivity index (χ3v) is 7.37. The van der Waals surface area contributed by atoms with E-state index in [0.29, 0.717) is 17.0 Å². The molecule has 0 amide bonds. The molecule has 1 N–H and O–H groups in total. The number of carbonyl (C=O) groups excluding carboxylic acids is 1. The zero-order valence-corrected chi connectivity index (χ0v) is 19.7. The van der Waals surface area contributed by atoms with Gasteiger partial charge < -0.3 is 14.2 Å². The van der Waals surface area contributed by atoms with E-state index in [4.69, 9.17) is 39.4 Å². The van der Waals surface area contributed by atoms with Crippen LogP contribution in [0.3, 0.4) is 0 Å². The first-order chi connectivity index (χ1) is 17.2. The standard InChI is InChI=1S/C19H17ClN5O10P/c20-11-3-1-2-10(8-11)12-5-7-30-36(29,35-12)31-9-19(23-24-21)15-14(32-18(28)33-15)16(34-19)25-6-4-13(26)22-17(25)27/h1-4,6,8,12,14-16H,5,7,9H2,(H,22,26,27)/t12-,14+,15-,16?,19+,36+/m0/s1. The lowest BCUT2D eigenvalue weighted by Gasteiger charge is -2.32. The Bertz CT molecular complexity index is 1410. The van der Waals surface area contributed by atoms with E-state index in [0.717, 1.165) is 16.8 Å². The van der Waals surface area contributed by atoms with E-state index in [-0.39, 0.29) is 6.61 Å². The van der Waals surface area contributed by atoms with Gasteiger partial charge in [0.15, 0.2) is 18.4 Å². The maximum absolute atomic E-state index is 13.3. The molecule has 6 atom stereocenters. The van der Waals surface area contributed by atoms with Crippen molar-refractivity contribution in [2.45, 2.75) is 36.7 Å². The van der Waals surface area contributed by atoms with E-state index in [1.54, 1.807) is 24.3 Å². The Morgan fingerprint density at radius 3 is 2.89 bits per heavy atom. The summed E-state index contributed by atoms with van der Waals surface area (Å²) < 4.78 is 46.6. The number of nitrogens with zero attached hydrogens (tertiary/aromatic N) is 4. The van der Waals surface area contributed by atoms with Crippen LogP contribution in [0, 0.1) is 0 Å². The molecule has 3 aliphatic rings. The molecule has 3 saturated heterocycles. The molecule has 1 unspecified atom stereocenters. The fraction of sp³-hybridized carbons (Fsp3) is 0.421. The predicted molar refractivity (Wildman–Crippen MR) is 118 cm³/mol. The second-order valence-electron chi connectivity index (χ2n) is 7.92. The van der Waals surface area contributed by atoms with Crippen LogP contribution in [0.4, 0.5) is 4.79 Å². The zero-order chi connectivity index (χ0) is 25.5. The highest BCUT2D eigenvalue weighted by Crippen LogP contribution is 2.58. The van der Waals surface area contributed by atoms with Crippen LogP contribution in [0.5, 0.6) is 0 Å². The number of hydrogen-bond acceptors (Lipinski definition) is 11. The molecule has 15 nitrogen and oxygen atoms in total. The van der Waals surface area contributed by atoms with E-state index in [1.165, 1.54) is 0 Å². The number of carbonyl (C=O) groups is 1. The normalized spacial score (nSPS) is 33.3. The van der Waals surface area contributed by atoms with E-state index < -0.39 is 62.1 Å². The summed E-state index contributed by atoms with van der Waals surface area (Å²) in [6.45, 7) is -0.744.